The summed E-state index contributed by atoms with van der Waals surface area (Å²) in [6.45, 7) is 8.54. The first-order valence-electron chi connectivity index (χ1n) is 18.1. The lowest BCUT2D eigenvalue weighted by molar-refractivity contribution is 0.666. The summed E-state index contributed by atoms with van der Waals surface area (Å²) in [5.41, 5.74) is 13.5. The van der Waals surface area contributed by atoms with Gasteiger partial charge < -0.3 is 0 Å². The van der Waals surface area contributed by atoms with Crippen LogP contribution in [0.5, 0.6) is 0 Å². The minimum absolute atomic E-state index is 0.185. The lowest BCUT2D eigenvalue weighted by atomic mass is 9.81. The Morgan fingerprint density at radius 3 is 2.23 bits per heavy atom. The van der Waals surface area contributed by atoms with E-state index in [2.05, 4.69) is 158 Å². The molecule has 0 aliphatic heterocycles. The molecule has 4 nitrogen and oxygen atoms in total. The van der Waals surface area contributed by atoms with E-state index in [1.165, 1.54) is 44.0 Å². The van der Waals surface area contributed by atoms with Gasteiger partial charge in [0.25, 0.3) is 0 Å². The molecule has 1 heterocycles. The van der Waals surface area contributed by atoms with Crippen LogP contribution in [0.1, 0.15) is 41.7 Å². The normalized spacial score (nSPS) is 13.6. The number of amidine groups is 1. The molecular weight excluding hydrogens is 645 g/mol. The molecule has 1 aliphatic rings. The van der Waals surface area contributed by atoms with Crippen LogP contribution in [0.15, 0.2) is 180 Å². The van der Waals surface area contributed by atoms with Gasteiger partial charge in [-0.25, -0.2) is 14.7 Å². The lowest BCUT2D eigenvalue weighted by Crippen LogP contribution is -2.15. The van der Waals surface area contributed by atoms with Gasteiger partial charge in [-0.15, -0.1) is 0 Å². The van der Waals surface area contributed by atoms with Gasteiger partial charge in [0.15, 0.2) is 5.84 Å². The van der Waals surface area contributed by atoms with Crippen molar-refractivity contribution in [2.24, 2.45) is 9.98 Å². The molecule has 0 saturated carbocycles. The zero-order valence-corrected chi connectivity index (χ0v) is 29.9. The Bertz CT molecular complexity index is 2730. The Morgan fingerprint density at radius 1 is 0.679 bits per heavy atom. The molecule has 0 radical (unpaired) electrons. The lowest BCUT2D eigenvalue weighted by Gasteiger charge is -2.22. The summed E-state index contributed by atoms with van der Waals surface area (Å²) >= 11 is 0. The standard InChI is InChI=1S/C49H38N4/c1-49(2)44-26-23-38(31-42(44)41-25-28-46-43(47(41)49)32-51-53(46)40-24-22-34-15-10-11-18-37(34)30-40)36-19-12-20-39(29-36)45(27-21-33-13-6-4-7-14-33)52-48(50-3)35-16-8-5-9-17-35/h4-20,22-32H,3,21H2,1-2H3/b45-27-,52-48?. The maximum absolute atomic E-state index is 5.10. The molecule has 1 aliphatic carbocycles. The zero-order valence-electron chi connectivity index (χ0n) is 29.9. The van der Waals surface area contributed by atoms with Crippen LogP contribution in [0.2, 0.25) is 0 Å². The van der Waals surface area contributed by atoms with Crippen molar-refractivity contribution in [3.63, 3.8) is 0 Å². The van der Waals surface area contributed by atoms with Crippen LogP contribution in [0.25, 0.3) is 55.3 Å². The molecule has 0 atom stereocenters. The maximum atomic E-state index is 5.10. The molecule has 254 valence electrons. The smallest absolute Gasteiger partial charge is 0.159 e. The first-order chi connectivity index (χ1) is 26.0. The molecule has 0 N–H and O–H groups in total. The van der Waals surface area contributed by atoms with Gasteiger partial charge in [-0.1, -0.05) is 147 Å². The van der Waals surface area contributed by atoms with E-state index in [0.717, 1.165) is 45.6 Å². The number of nitrogens with zero attached hydrogens (tertiary/aromatic N) is 4. The SMILES string of the molecule is C=NC(=N/C(=C\Cc1ccccc1)c1cccc(-c2ccc3c(c2)-c2ccc4c(cnn4-c4ccc5ccccc5c4)c2C3(C)C)c1)c1ccccc1. The summed E-state index contributed by atoms with van der Waals surface area (Å²) in [4.78, 5) is 9.44. The molecule has 0 spiro atoms. The van der Waals surface area contributed by atoms with Gasteiger partial charge >= 0.3 is 0 Å². The Labute approximate surface area is 310 Å². The molecule has 0 bridgehead atoms. The largest absolute Gasteiger partial charge is 0.245 e. The van der Waals surface area contributed by atoms with E-state index in [0.29, 0.717) is 5.84 Å². The highest BCUT2D eigenvalue weighted by atomic mass is 15.3. The minimum Gasteiger partial charge on any atom is -0.245 e. The number of rotatable bonds is 7. The average Bonchev–Trinajstić information content (AvgIpc) is 3.74. The fraction of sp³-hybridized carbons (Fsp3) is 0.0816. The Balaban J connectivity index is 1.11. The second-order valence-corrected chi connectivity index (χ2v) is 14.2. The van der Waals surface area contributed by atoms with Crippen LogP contribution in [0.3, 0.4) is 0 Å². The Kier molecular flexibility index (Phi) is 8.01. The van der Waals surface area contributed by atoms with Gasteiger partial charge in [0.05, 0.1) is 23.1 Å². The molecule has 0 amide bonds. The average molecular weight is 683 g/mol. The van der Waals surface area contributed by atoms with Gasteiger partial charge in [-0.05, 0) is 93.2 Å². The van der Waals surface area contributed by atoms with Crippen LogP contribution in [-0.2, 0) is 11.8 Å². The molecular formula is C49H38N4. The highest BCUT2D eigenvalue weighted by Crippen LogP contribution is 2.52. The number of allylic oxidation sites excluding steroid dienone is 1. The molecule has 7 aromatic carbocycles. The van der Waals surface area contributed by atoms with Crippen molar-refractivity contribution in [2.75, 3.05) is 0 Å². The fourth-order valence-corrected chi connectivity index (χ4v) is 7.95. The third-order valence-corrected chi connectivity index (χ3v) is 10.6. The third-order valence-electron chi connectivity index (χ3n) is 10.6. The second-order valence-electron chi connectivity index (χ2n) is 14.2. The summed E-state index contributed by atoms with van der Waals surface area (Å²) < 4.78 is 2.08. The first kappa shape index (κ1) is 32.3. The molecule has 1 aromatic heterocycles. The Hall–Kier alpha value is -6.65. The van der Waals surface area contributed by atoms with Crippen molar-refractivity contribution in [3.8, 4) is 27.9 Å². The van der Waals surface area contributed by atoms with Crippen molar-refractivity contribution < 1.29 is 0 Å². The van der Waals surface area contributed by atoms with E-state index in [1.807, 2.05) is 42.6 Å². The minimum atomic E-state index is -0.185. The second kappa shape index (κ2) is 13.2. The van der Waals surface area contributed by atoms with E-state index in [4.69, 9.17) is 10.1 Å². The molecule has 8 aromatic rings. The monoisotopic (exact) mass is 682 g/mol. The van der Waals surface area contributed by atoms with Crippen molar-refractivity contribution in [2.45, 2.75) is 25.7 Å². The quantitative estimate of drug-likeness (QED) is 0.122. The highest BCUT2D eigenvalue weighted by Gasteiger charge is 2.37. The Morgan fingerprint density at radius 2 is 1.42 bits per heavy atom. The molecule has 0 fully saturated rings. The predicted octanol–water partition coefficient (Wildman–Crippen LogP) is 11.9. The van der Waals surface area contributed by atoms with Gasteiger partial charge in [-0.3, -0.25) is 0 Å². The molecule has 53 heavy (non-hydrogen) atoms. The number of benzene rings is 7. The van der Waals surface area contributed by atoms with E-state index >= 15 is 0 Å². The van der Waals surface area contributed by atoms with E-state index in [1.54, 1.807) is 0 Å². The van der Waals surface area contributed by atoms with Crippen LogP contribution in [0.4, 0.5) is 0 Å². The van der Waals surface area contributed by atoms with Crippen LogP contribution in [-0.4, -0.2) is 22.3 Å². The van der Waals surface area contributed by atoms with Crippen molar-refractivity contribution >= 4 is 39.9 Å². The fourth-order valence-electron chi connectivity index (χ4n) is 7.95. The summed E-state index contributed by atoms with van der Waals surface area (Å²) in [6, 6.07) is 55.7. The van der Waals surface area contributed by atoms with E-state index in [-0.39, 0.29) is 5.41 Å². The van der Waals surface area contributed by atoms with Crippen molar-refractivity contribution in [1.82, 2.24) is 9.78 Å². The number of hydrogen-bond donors (Lipinski definition) is 0. The molecule has 9 rings (SSSR count). The summed E-state index contributed by atoms with van der Waals surface area (Å²) in [5, 5.41) is 8.56. The maximum Gasteiger partial charge on any atom is 0.159 e. The molecule has 4 heteroatoms. The predicted molar refractivity (Wildman–Crippen MR) is 222 cm³/mol. The van der Waals surface area contributed by atoms with E-state index < -0.39 is 0 Å². The number of aromatic nitrogens is 2. The first-order valence-corrected chi connectivity index (χ1v) is 18.1. The molecule has 0 saturated heterocycles. The number of hydrogen-bond acceptors (Lipinski definition) is 2. The van der Waals surface area contributed by atoms with Crippen molar-refractivity contribution in [1.29, 1.82) is 0 Å². The van der Waals surface area contributed by atoms with E-state index in [9.17, 15) is 0 Å². The van der Waals surface area contributed by atoms with Gasteiger partial charge in [0.2, 0.25) is 0 Å². The van der Waals surface area contributed by atoms with Crippen LogP contribution in [0, 0.1) is 0 Å². The van der Waals surface area contributed by atoms with Crippen LogP contribution < -0.4 is 0 Å². The topological polar surface area (TPSA) is 42.5 Å². The summed E-state index contributed by atoms with van der Waals surface area (Å²) in [7, 11) is 0. The van der Waals surface area contributed by atoms with Crippen LogP contribution >= 0.6 is 0 Å². The van der Waals surface area contributed by atoms with Gasteiger partial charge in [0, 0.05) is 21.9 Å². The zero-order chi connectivity index (χ0) is 35.9. The highest BCUT2D eigenvalue weighted by molar-refractivity contribution is 6.04. The number of aliphatic imine (C=N–C) groups is 2. The third kappa shape index (κ3) is 5.79. The number of fused-ring (bicyclic) bond motifs is 6. The molecule has 0 unspecified atom stereocenters. The summed E-state index contributed by atoms with van der Waals surface area (Å²) in [6.07, 6.45) is 4.99. The van der Waals surface area contributed by atoms with Gasteiger partial charge in [0.1, 0.15) is 0 Å². The van der Waals surface area contributed by atoms with Crippen molar-refractivity contribution in [3.05, 3.63) is 198 Å². The van der Waals surface area contributed by atoms with Gasteiger partial charge in [-0.2, -0.15) is 5.10 Å². The summed E-state index contributed by atoms with van der Waals surface area (Å²) in [5.74, 6) is 0.599.